The first-order valence-electron chi connectivity index (χ1n) is 8.25. The molecule has 0 N–H and O–H groups in total. The Morgan fingerprint density at radius 1 is 1.09 bits per heavy atom. The van der Waals surface area contributed by atoms with E-state index in [4.69, 9.17) is 14.0 Å². The molecule has 3 atom stereocenters. The molecule has 0 radical (unpaired) electrons. The lowest BCUT2D eigenvalue weighted by Gasteiger charge is -2.32. The molecule has 0 aromatic carbocycles. The van der Waals surface area contributed by atoms with Crippen LogP contribution in [0.25, 0.3) is 0 Å². The van der Waals surface area contributed by atoms with Crippen molar-refractivity contribution in [2.45, 2.75) is 71.1 Å². The van der Waals surface area contributed by atoms with Gasteiger partial charge >= 0.3 is 13.2 Å². The van der Waals surface area contributed by atoms with Crippen LogP contribution in [-0.4, -0.2) is 48.0 Å². The second-order valence-electron chi connectivity index (χ2n) is 8.92. The molecule has 2 heterocycles. The fraction of sp³-hybridized carbons (Fsp3) is 0.938. The van der Waals surface area contributed by atoms with Crippen molar-refractivity contribution in [1.82, 2.24) is 4.90 Å². The molecule has 3 rings (SSSR count). The van der Waals surface area contributed by atoms with Crippen LogP contribution in [0.1, 0.15) is 48.5 Å². The summed E-state index contributed by atoms with van der Waals surface area (Å²) in [7, 11) is -0.138. The predicted molar refractivity (Wildman–Crippen MR) is 84.6 cm³/mol. The number of hydrogen-bond acceptors (Lipinski definition) is 4. The van der Waals surface area contributed by atoms with Crippen molar-refractivity contribution in [2.75, 3.05) is 13.1 Å². The molecule has 0 bridgehead atoms. The highest BCUT2D eigenvalue weighted by atomic mass is 16.7. The van der Waals surface area contributed by atoms with Crippen LogP contribution in [0.4, 0.5) is 4.79 Å². The van der Waals surface area contributed by atoms with E-state index in [0.29, 0.717) is 17.7 Å². The van der Waals surface area contributed by atoms with Gasteiger partial charge in [-0.25, -0.2) is 4.79 Å². The average molecular weight is 309 g/mol. The number of nitrogens with zero attached hydrogens (tertiary/aromatic N) is 1. The van der Waals surface area contributed by atoms with Gasteiger partial charge in [0.15, 0.2) is 0 Å². The highest BCUT2D eigenvalue weighted by molar-refractivity contribution is 6.49. The van der Waals surface area contributed by atoms with E-state index in [9.17, 15) is 4.79 Å². The van der Waals surface area contributed by atoms with Crippen LogP contribution in [0.3, 0.4) is 0 Å². The number of rotatable bonds is 1. The summed E-state index contributed by atoms with van der Waals surface area (Å²) < 4.78 is 17.7. The van der Waals surface area contributed by atoms with Gasteiger partial charge in [-0.05, 0) is 60.3 Å². The Bertz CT molecular complexity index is 457. The Morgan fingerprint density at radius 2 is 1.55 bits per heavy atom. The van der Waals surface area contributed by atoms with Crippen LogP contribution >= 0.6 is 0 Å². The quantitative estimate of drug-likeness (QED) is 0.699. The number of carbonyl (C=O) groups excluding carboxylic acids is 1. The highest BCUT2D eigenvalue weighted by Gasteiger charge is 2.67. The maximum Gasteiger partial charge on any atom is 0.461 e. The molecular weight excluding hydrogens is 281 g/mol. The summed E-state index contributed by atoms with van der Waals surface area (Å²) in [4.78, 5) is 13.9. The number of ether oxygens (including phenoxy) is 1. The Morgan fingerprint density at radius 3 is 1.95 bits per heavy atom. The van der Waals surface area contributed by atoms with Gasteiger partial charge in [-0.2, -0.15) is 0 Å². The smallest absolute Gasteiger partial charge is 0.444 e. The summed E-state index contributed by atoms with van der Waals surface area (Å²) in [5, 5.41) is 0. The van der Waals surface area contributed by atoms with Crippen LogP contribution in [-0.2, 0) is 14.0 Å². The van der Waals surface area contributed by atoms with Crippen molar-refractivity contribution in [1.29, 1.82) is 0 Å². The zero-order chi connectivity index (χ0) is 16.5. The number of fused-ring (bicyclic) bond motifs is 1. The van der Waals surface area contributed by atoms with Gasteiger partial charge in [-0.1, -0.05) is 0 Å². The van der Waals surface area contributed by atoms with Crippen molar-refractivity contribution >= 4 is 13.2 Å². The van der Waals surface area contributed by atoms with Gasteiger partial charge in [0.1, 0.15) is 5.60 Å². The minimum Gasteiger partial charge on any atom is -0.444 e. The summed E-state index contributed by atoms with van der Waals surface area (Å²) in [5.74, 6) is 1.39. The van der Waals surface area contributed by atoms with E-state index in [1.54, 1.807) is 0 Å². The molecule has 22 heavy (non-hydrogen) atoms. The van der Waals surface area contributed by atoms with E-state index < -0.39 is 5.60 Å². The molecule has 0 unspecified atom stereocenters. The van der Waals surface area contributed by atoms with Crippen LogP contribution in [0, 0.1) is 11.8 Å². The van der Waals surface area contributed by atoms with Gasteiger partial charge in [0.2, 0.25) is 0 Å². The van der Waals surface area contributed by atoms with Gasteiger partial charge in [0.05, 0.1) is 11.2 Å². The molecule has 0 spiro atoms. The maximum absolute atomic E-state index is 12.1. The topological polar surface area (TPSA) is 48.0 Å². The zero-order valence-electron chi connectivity index (χ0n) is 14.8. The van der Waals surface area contributed by atoms with E-state index in [1.807, 2.05) is 25.7 Å². The molecule has 124 valence electrons. The Labute approximate surface area is 133 Å². The standard InChI is InChI=1S/C16H28BNO4/c1-14(2,3)20-13(19)18-8-10-11(9-18)12(10)17-21-15(4,5)16(6,7)22-17/h10-12H,8-9H2,1-7H3/t10-,11+,12+. The largest absolute Gasteiger partial charge is 0.461 e. The Balaban J connectivity index is 1.55. The first-order valence-corrected chi connectivity index (χ1v) is 8.25. The monoisotopic (exact) mass is 309 g/mol. The normalized spacial score (nSPS) is 35.5. The first-order chi connectivity index (χ1) is 9.91. The molecule has 2 aliphatic heterocycles. The van der Waals surface area contributed by atoms with Crippen molar-refractivity contribution in [3.8, 4) is 0 Å². The van der Waals surface area contributed by atoms with Gasteiger partial charge < -0.3 is 18.9 Å². The third kappa shape index (κ3) is 2.64. The second kappa shape index (κ2) is 4.63. The van der Waals surface area contributed by atoms with Gasteiger partial charge in [-0.3, -0.25) is 0 Å². The van der Waals surface area contributed by atoms with Gasteiger partial charge in [0.25, 0.3) is 0 Å². The lowest BCUT2D eigenvalue weighted by Crippen LogP contribution is -2.41. The number of hydrogen-bond donors (Lipinski definition) is 0. The molecule has 1 aliphatic carbocycles. The third-order valence-corrected chi connectivity index (χ3v) is 5.50. The van der Waals surface area contributed by atoms with Crippen molar-refractivity contribution < 1.29 is 18.8 Å². The molecule has 1 saturated carbocycles. The molecule has 1 amide bonds. The highest BCUT2D eigenvalue weighted by Crippen LogP contribution is 2.61. The zero-order valence-corrected chi connectivity index (χ0v) is 14.8. The number of likely N-dealkylation sites (tertiary alicyclic amines) is 1. The second-order valence-corrected chi connectivity index (χ2v) is 8.92. The Hall–Kier alpha value is -0.745. The number of carbonyl (C=O) groups is 1. The number of amides is 1. The molecule has 6 heteroatoms. The SMILES string of the molecule is CC(C)(C)OC(=O)N1C[C@@H]2[C@H](C1)[C@H]2B1OC(C)(C)C(C)(C)O1. The van der Waals surface area contributed by atoms with Crippen LogP contribution in [0.5, 0.6) is 0 Å². The summed E-state index contributed by atoms with van der Waals surface area (Å²) in [6.07, 6.45) is -0.202. The van der Waals surface area contributed by atoms with E-state index >= 15 is 0 Å². The van der Waals surface area contributed by atoms with E-state index in [0.717, 1.165) is 13.1 Å². The lowest BCUT2D eigenvalue weighted by atomic mass is 9.79. The maximum atomic E-state index is 12.1. The van der Waals surface area contributed by atoms with Crippen molar-refractivity contribution in [3.05, 3.63) is 0 Å². The van der Waals surface area contributed by atoms with Crippen LogP contribution in [0.15, 0.2) is 0 Å². The van der Waals surface area contributed by atoms with Crippen LogP contribution < -0.4 is 0 Å². The number of piperidine rings is 1. The third-order valence-electron chi connectivity index (χ3n) is 5.50. The van der Waals surface area contributed by atoms with Crippen molar-refractivity contribution in [3.63, 3.8) is 0 Å². The van der Waals surface area contributed by atoms with E-state index in [2.05, 4.69) is 27.7 Å². The van der Waals surface area contributed by atoms with Crippen LogP contribution in [0.2, 0.25) is 5.82 Å². The van der Waals surface area contributed by atoms with Gasteiger partial charge in [0, 0.05) is 18.9 Å². The summed E-state index contributed by atoms with van der Waals surface area (Å²) >= 11 is 0. The lowest BCUT2D eigenvalue weighted by molar-refractivity contribution is 0.00578. The minimum absolute atomic E-state index is 0.138. The minimum atomic E-state index is -0.436. The summed E-state index contributed by atoms with van der Waals surface area (Å²) in [6.45, 7) is 15.5. The molecule has 0 aromatic heterocycles. The summed E-state index contributed by atoms with van der Waals surface area (Å²) in [5.41, 5.74) is -0.992. The predicted octanol–water partition coefficient (Wildman–Crippen LogP) is 2.95. The molecule has 0 aromatic rings. The molecule has 3 aliphatic rings. The van der Waals surface area contributed by atoms with E-state index in [1.165, 1.54) is 0 Å². The first kappa shape index (κ1) is 16.1. The Kier molecular flexibility index (Phi) is 3.40. The molecule has 5 nitrogen and oxygen atoms in total. The average Bonchev–Trinajstić information content (AvgIpc) is 2.69. The van der Waals surface area contributed by atoms with Crippen molar-refractivity contribution in [2.24, 2.45) is 11.8 Å². The fourth-order valence-corrected chi connectivity index (χ4v) is 3.50. The molecular formula is C16H28BNO4. The molecule has 2 saturated heterocycles. The molecule has 3 fully saturated rings. The summed E-state index contributed by atoms with van der Waals surface area (Å²) in [6, 6.07) is 0. The van der Waals surface area contributed by atoms with Gasteiger partial charge in [-0.15, -0.1) is 0 Å². The fourth-order valence-electron chi connectivity index (χ4n) is 3.50. The van der Waals surface area contributed by atoms with E-state index in [-0.39, 0.29) is 24.4 Å².